The Balaban J connectivity index is 1.64. The molecule has 4 heterocycles. The summed E-state index contributed by atoms with van der Waals surface area (Å²) in [5, 5.41) is 7.77. The molecular weight excluding hydrogens is 451 g/mol. The van der Waals surface area contributed by atoms with Crippen molar-refractivity contribution in [2.75, 3.05) is 13.7 Å². The predicted octanol–water partition coefficient (Wildman–Crippen LogP) is 4.70. The van der Waals surface area contributed by atoms with Gasteiger partial charge in [-0.25, -0.2) is 9.50 Å². The fraction of sp³-hybridized carbons (Fsp3) is 0.304. The Labute approximate surface area is 191 Å². The molecule has 1 saturated heterocycles. The van der Waals surface area contributed by atoms with E-state index in [0.29, 0.717) is 40.2 Å². The number of hydrogen-bond acceptors (Lipinski definition) is 6. The lowest BCUT2D eigenvalue weighted by Gasteiger charge is -2.22. The van der Waals surface area contributed by atoms with Gasteiger partial charge in [0.2, 0.25) is 0 Å². The highest BCUT2D eigenvalue weighted by molar-refractivity contribution is 6.00. The van der Waals surface area contributed by atoms with Gasteiger partial charge in [0.15, 0.2) is 17.1 Å². The van der Waals surface area contributed by atoms with Crippen LogP contribution in [0.15, 0.2) is 47.1 Å². The second-order valence-electron chi connectivity index (χ2n) is 8.05. The Bertz CT molecular complexity index is 1380. The average molecular weight is 471 g/mol. The van der Waals surface area contributed by atoms with Crippen LogP contribution in [0.2, 0.25) is 0 Å². The van der Waals surface area contributed by atoms with Gasteiger partial charge in [0, 0.05) is 18.2 Å². The van der Waals surface area contributed by atoms with Crippen molar-refractivity contribution in [3.63, 3.8) is 0 Å². The van der Waals surface area contributed by atoms with Crippen molar-refractivity contribution in [3.8, 4) is 17.0 Å². The van der Waals surface area contributed by atoms with Gasteiger partial charge in [-0.3, -0.25) is 4.79 Å². The van der Waals surface area contributed by atoms with E-state index in [2.05, 4.69) is 15.2 Å². The highest BCUT2D eigenvalue weighted by Crippen LogP contribution is 2.37. The molecule has 0 saturated carbocycles. The summed E-state index contributed by atoms with van der Waals surface area (Å²) in [4.78, 5) is 19.5. The fourth-order valence-electron chi connectivity index (χ4n) is 4.31. The third-order valence-electron chi connectivity index (χ3n) is 5.86. The van der Waals surface area contributed by atoms with Gasteiger partial charge in [0.1, 0.15) is 11.3 Å². The van der Waals surface area contributed by atoms with Crippen molar-refractivity contribution in [2.24, 2.45) is 0 Å². The second-order valence-corrected chi connectivity index (χ2v) is 8.05. The zero-order valence-electron chi connectivity index (χ0n) is 18.3. The zero-order chi connectivity index (χ0) is 24.0. The number of carbonyl (C=O) groups excluding carboxylic acids is 1. The van der Waals surface area contributed by atoms with E-state index in [1.54, 1.807) is 42.2 Å². The van der Waals surface area contributed by atoms with Gasteiger partial charge in [-0.2, -0.15) is 18.3 Å². The van der Waals surface area contributed by atoms with Crippen LogP contribution in [0.3, 0.4) is 0 Å². The molecule has 0 spiro atoms. The van der Waals surface area contributed by atoms with E-state index in [1.165, 1.54) is 7.11 Å². The minimum atomic E-state index is -4.72. The average Bonchev–Trinajstić information content (AvgIpc) is 3.56. The molecule has 34 heavy (non-hydrogen) atoms. The summed E-state index contributed by atoms with van der Waals surface area (Å²) >= 11 is 0. The number of para-hydroxylation sites is 1. The molecule has 0 bridgehead atoms. The van der Waals surface area contributed by atoms with Gasteiger partial charge in [-0.05, 0) is 38.0 Å². The molecule has 5 rings (SSSR count). The number of aromatic nitrogens is 4. The van der Waals surface area contributed by atoms with Gasteiger partial charge >= 0.3 is 6.18 Å². The van der Waals surface area contributed by atoms with Gasteiger partial charge < -0.3 is 14.2 Å². The van der Waals surface area contributed by atoms with Crippen LogP contribution < -0.4 is 4.74 Å². The molecule has 176 valence electrons. The SMILES string of the molecule is COc1ccccc1-c1cc(C(F)(F)F)n2ncc(C(=O)N3CCC[C@@H]3c3cc(C)no3)c2n1. The lowest BCUT2D eigenvalue weighted by atomic mass is 10.1. The molecule has 0 N–H and O–H groups in total. The minimum Gasteiger partial charge on any atom is -0.496 e. The van der Waals surface area contributed by atoms with Crippen LogP contribution in [0.1, 0.15) is 46.4 Å². The molecule has 1 amide bonds. The van der Waals surface area contributed by atoms with Crippen molar-refractivity contribution in [2.45, 2.75) is 32.0 Å². The zero-order valence-corrected chi connectivity index (χ0v) is 18.3. The van der Waals surface area contributed by atoms with Crippen LogP contribution in [0.25, 0.3) is 16.9 Å². The number of benzene rings is 1. The fourth-order valence-corrected chi connectivity index (χ4v) is 4.31. The van der Waals surface area contributed by atoms with E-state index in [0.717, 1.165) is 18.7 Å². The number of fused-ring (bicyclic) bond motifs is 1. The first-order valence-corrected chi connectivity index (χ1v) is 10.6. The molecule has 4 aromatic rings. The van der Waals surface area contributed by atoms with Crippen molar-refractivity contribution >= 4 is 11.6 Å². The number of rotatable bonds is 4. The Hall–Kier alpha value is -3.89. The highest BCUT2D eigenvalue weighted by Gasteiger charge is 2.38. The molecule has 0 unspecified atom stereocenters. The first-order valence-electron chi connectivity index (χ1n) is 10.6. The molecule has 1 fully saturated rings. The van der Waals surface area contributed by atoms with E-state index in [4.69, 9.17) is 9.26 Å². The number of ether oxygens (including phenoxy) is 1. The van der Waals surface area contributed by atoms with Crippen LogP contribution in [-0.2, 0) is 6.18 Å². The lowest BCUT2D eigenvalue weighted by Crippen LogP contribution is -2.30. The van der Waals surface area contributed by atoms with Gasteiger partial charge in [-0.1, -0.05) is 17.3 Å². The van der Waals surface area contributed by atoms with Gasteiger partial charge in [0.25, 0.3) is 5.91 Å². The molecular formula is C23H20F3N5O3. The first-order chi connectivity index (χ1) is 16.3. The standard InChI is InChI=1S/C23H20F3N5O3/c1-13-10-19(34-29-13)17-7-5-9-30(17)22(32)15-12-27-31-20(23(24,25)26)11-16(28-21(15)31)14-6-3-4-8-18(14)33-2/h3-4,6,8,10-12,17H,5,7,9H2,1-2H3/t17-/m1/s1. The number of amides is 1. The third kappa shape index (κ3) is 3.66. The summed E-state index contributed by atoms with van der Waals surface area (Å²) in [5.41, 5.74) is -0.167. The van der Waals surface area contributed by atoms with E-state index in [1.807, 2.05) is 0 Å². The van der Waals surface area contributed by atoms with Crippen LogP contribution in [-0.4, -0.2) is 44.2 Å². The Morgan fingerprint density at radius 3 is 2.74 bits per heavy atom. The third-order valence-corrected chi connectivity index (χ3v) is 5.86. The number of likely N-dealkylation sites (tertiary alicyclic amines) is 1. The normalized spacial score (nSPS) is 16.4. The summed E-state index contributed by atoms with van der Waals surface area (Å²) < 4.78 is 53.2. The molecule has 0 radical (unpaired) electrons. The topological polar surface area (TPSA) is 85.8 Å². The largest absolute Gasteiger partial charge is 0.496 e. The van der Waals surface area contributed by atoms with Gasteiger partial charge in [-0.15, -0.1) is 0 Å². The van der Waals surface area contributed by atoms with Crippen molar-refractivity contribution < 1.29 is 27.2 Å². The highest BCUT2D eigenvalue weighted by atomic mass is 19.4. The van der Waals surface area contributed by atoms with Crippen LogP contribution in [0, 0.1) is 6.92 Å². The van der Waals surface area contributed by atoms with Crippen LogP contribution in [0.4, 0.5) is 13.2 Å². The molecule has 0 aliphatic carbocycles. The van der Waals surface area contributed by atoms with Crippen molar-refractivity contribution in [1.82, 2.24) is 24.7 Å². The van der Waals surface area contributed by atoms with Crippen LogP contribution >= 0.6 is 0 Å². The molecule has 1 atom stereocenters. The lowest BCUT2D eigenvalue weighted by molar-refractivity contribution is -0.142. The van der Waals surface area contributed by atoms with Crippen LogP contribution in [0.5, 0.6) is 5.75 Å². The summed E-state index contributed by atoms with van der Waals surface area (Å²) in [6, 6.07) is 8.92. The summed E-state index contributed by atoms with van der Waals surface area (Å²) in [7, 11) is 1.43. The molecule has 3 aromatic heterocycles. The number of aryl methyl sites for hydroxylation is 1. The van der Waals surface area contributed by atoms with E-state index < -0.39 is 17.8 Å². The maximum absolute atomic E-state index is 14.0. The second kappa shape index (κ2) is 8.15. The number of halogens is 3. The number of methoxy groups -OCH3 is 1. The number of alkyl halides is 3. The molecule has 11 heteroatoms. The summed E-state index contributed by atoms with van der Waals surface area (Å²) in [5.74, 6) is 0.433. The number of carbonyl (C=O) groups is 1. The Morgan fingerprint density at radius 1 is 1.24 bits per heavy atom. The smallest absolute Gasteiger partial charge is 0.433 e. The monoisotopic (exact) mass is 471 g/mol. The number of hydrogen-bond donors (Lipinski definition) is 0. The minimum absolute atomic E-state index is 0.0228. The summed E-state index contributed by atoms with van der Waals surface area (Å²) in [6.45, 7) is 2.21. The van der Waals surface area contributed by atoms with E-state index >= 15 is 0 Å². The maximum Gasteiger partial charge on any atom is 0.433 e. The predicted molar refractivity (Wildman–Crippen MR) is 114 cm³/mol. The number of nitrogens with zero attached hydrogens (tertiary/aromatic N) is 5. The van der Waals surface area contributed by atoms with E-state index in [9.17, 15) is 18.0 Å². The first kappa shape index (κ1) is 21.9. The molecule has 1 aliphatic heterocycles. The van der Waals surface area contributed by atoms with Gasteiger partial charge in [0.05, 0.1) is 30.7 Å². The maximum atomic E-state index is 14.0. The molecule has 1 aromatic carbocycles. The Kier molecular flexibility index (Phi) is 5.26. The Morgan fingerprint density at radius 2 is 2.03 bits per heavy atom. The molecule has 1 aliphatic rings. The van der Waals surface area contributed by atoms with E-state index in [-0.39, 0.29) is 22.9 Å². The quantitative estimate of drug-likeness (QED) is 0.429. The summed E-state index contributed by atoms with van der Waals surface area (Å²) in [6.07, 6.45) is -2.21. The van der Waals surface area contributed by atoms with Crippen molar-refractivity contribution in [1.29, 1.82) is 0 Å². The van der Waals surface area contributed by atoms with Crippen molar-refractivity contribution in [3.05, 3.63) is 65.3 Å². The molecule has 8 nitrogen and oxygen atoms in total.